The SMILES string of the molecule is CC1C(c2ccccc2)=NC(c2ccccc2)=NC(c2c(-c3ccc(-c4cc(-c5ccccc5)nc(-c5ccccc5)c4)cc3)ccc3ccccc23)C1C. The van der Waals surface area contributed by atoms with Gasteiger partial charge in [-0.25, -0.2) is 9.98 Å². The van der Waals surface area contributed by atoms with Gasteiger partial charge in [-0.3, -0.25) is 4.99 Å². The molecule has 0 fully saturated rings. The molecule has 2 heterocycles. The van der Waals surface area contributed by atoms with Crippen LogP contribution in [0.1, 0.15) is 36.6 Å². The lowest BCUT2D eigenvalue weighted by Crippen LogP contribution is -2.23. The van der Waals surface area contributed by atoms with Gasteiger partial charge in [0.05, 0.1) is 23.1 Å². The number of hydrogen-bond acceptors (Lipinski definition) is 3. The summed E-state index contributed by atoms with van der Waals surface area (Å²) < 4.78 is 0. The second-order valence-corrected chi connectivity index (χ2v) is 14.5. The summed E-state index contributed by atoms with van der Waals surface area (Å²) in [5.74, 6) is 1.08. The smallest absolute Gasteiger partial charge is 0.155 e. The van der Waals surface area contributed by atoms with Crippen molar-refractivity contribution in [3.8, 4) is 44.8 Å². The van der Waals surface area contributed by atoms with E-state index in [1.807, 2.05) is 12.1 Å². The Bertz CT molecular complexity index is 2590. The van der Waals surface area contributed by atoms with Crippen molar-refractivity contribution < 1.29 is 0 Å². The molecular weight excluding hydrogens is 667 g/mol. The van der Waals surface area contributed by atoms with E-state index in [4.69, 9.17) is 15.0 Å². The van der Waals surface area contributed by atoms with Crippen molar-refractivity contribution >= 4 is 22.3 Å². The Kier molecular flexibility index (Phi) is 9.27. The summed E-state index contributed by atoms with van der Waals surface area (Å²) >= 11 is 0. The highest BCUT2D eigenvalue weighted by atomic mass is 15.0. The van der Waals surface area contributed by atoms with E-state index in [0.29, 0.717) is 0 Å². The summed E-state index contributed by atoms with van der Waals surface area (Å²) in [7, 11) is 0. The summed E-state index contributed by atoms with van der Waals surface area (Å²) in [4.78, 5) is 16.1. The highest BCUT2D eigenvalue weighted by Crippen LogP contribution is 2.44. The van der Waals surface area contributed by atoms with Crippen molar-refractivity contribution in [2.24, 2.45) is 21.8 Å². The Balaban J connectivity index is 1.18. The maximum atomic E-state index is 5.62. The fourth-order valence-electron chi connectivity index (χ4n) is 7.93. The molecule has 264 valence electrons. The van der Waals surface area contributed by atoms with Crippen LogP contribution in [0.3, 0.4) is 0 Å². The minimum absolute atomic E-state index is 0.141. The summed E-state index contributed by atoms with van der Waals surface area (Å²) in [5, 5.41) is 2.43. The fourth-order valence-corrected chi connectivity index (χ4v) is 7.93. The molecule has 3 unspecified atom stereocenters. The molecule has 0 bridgehead atoms. The Morgan fingerprint density at radius 3 is 1.53 bits per heavy atom. The summed E-state index contributed by atoms with van der Waals surface area (Å²) in [5.41, 5.74) is 13.2. The van der Waals surface area contributed by atoms with E-state index in [1.165, 1.54) is 21.9 Å². The van der Waals surface area contributed by atoms with Gasteiger partial charge >= 0.3 is 0 Å². The molecule has 0 aliphatic carbocycles. The average Bonchev–Trinajstić information content (AvgIpc) is 3.39. The lowest BCUT2D eigenvalue weighted by molar-refractivity contribution is 0.408. The maximum absolute atomic E-state index is 5.62. The molecule has 0 spiro atoms. The second kappa shape index (κ2) is 15.0. The van der Waals surface area contributed by atoms with Crippen LogP contribution in [0, 0.1) is 11.8 Å². The number of hydrogen-bond donors (Lipinski definition) is 0. The van der Waals surface area contributed by atoms with Gasteiger partial charge in [-0.15, -0.1) is 0 Å². The average molecular weight is 708 g/mol. The first-order chi connectivity index (χ1) is 27.1. The van der Waals surface area contributed by atoms with Crippen LogP contribution in [0.25, 0.3) is 55.5 Å². The molecule has 8 aromatic rings. The van der Waals surface area contributed by atoms with Gasteiger partial charge in [0, 0.05) is 22.6 Å². The molecule has 1 aliphatic rings. The molecule has 1 aliphatic heterocycles. The third kappa shape index (κ3) is 6.82. The molecule has 7 aromatic carbocycles. The first-order valence-corrected chi connectivity index (χ1v) is 19.1. The second-order valence-electron chi connectivity index (χ2n) is 14.5. The molecule has 0 saturated carbocycles. The van der Waals surface area contributed by atoms with E-state index >= 15 is 0 Å². The Morgan fingerprint density at radius 1 is 0.418 bits per heavy atom. The van der Waals surface area contributed by atoms with E-state index in [0.717, 1.165) is 61.9 Å². The minimum Gasteiger partial charge on any atom is -0.258 e. The lowest BCUT2D eigenvalue weighted by Gasteiger charge is -2.28. The highest BCUT2D eigenvalue weighted by Gasteiger charge is 2.34. The number of amidine groups is 1. The Morgan fingerprint density at radius 2 is 0.927 bits per heavy atom. The number of benzene rings is 7. The monoisotopic (exact) mass is 707 g/mol. The van der Waals surface area contributed by atoms with Crippen LogP contribution in [0.4, 0.5) is 0 Å². The van der Waals surface area contributed by atoms with Crippen molar-refractivity contribution in [2.75, 3.05) is 0 Å². The van der Waals surface area contributed by atoms with Crippen LogP contribution in [0.15, 0.2) is 204 Å². The topological polar surface area (TPSA) is 37.6 Å². The van der Waals surface area contributed by atoms with E-state index in [9.17, 15) is 0 Å². The van der Waals surface area contributed by atoms with Crippen LogP contribution in [0.2, 0.25) is 0 Å². The summed E-state index contributed by atoms with van der Waals surface area (Å²) in [6.07, 6.45) is 0. The van der Waals surface area contributed by atoms with E-state index in [1.54, 1.807) is 0 Å². The number of rotatable bonds is 7. The van der Waals surface area contributed by atoms with Gasteiger partial charge in [-0.1, -0.05) is 196 Å². The number of fused-ring (bicyclic) bond motifs is 1. The van der Waals surface area contributed by atoms with Gasteiger partial charge in [-0.2, -0.15) is 0 Å². The molecule has 0 saturated heterocycles. The Hall–Kier alpha value is -6.71. The fraction of sp³-hybridized carbons (Fsp3) is 0.0962. The zero-order chi connectivity index (χ0) is 37.1. The predicted molar refractivity (Wildman–Crippen MR) is 231 cm³/mol. The van der Waals surface area contributed by atoms with Gasteiger partial charge in [0.2, 0.25) is 0 Å². The van der Waals surface area contributed by atoms with E-state index < -0.39 is 0 Å². The standard InChI is InChI=1S/C52H41N3/c1-35-36(2)51(55-52(43-24-13-6-14-25-43)54-50(35)42-22-11-5-12-23-42)49-45-26-16-15-17-38(45)31-32-46(49)39-29-27-37(28-30-39)44-33-47(40-18-7-3-8-19-40)53-48(34-44)41-20-9-4-10-21-41/h3-36,51H,1-2H3. The molecular formula is C52H41N3. The predicted octanol–water partition coefficient (Wildman–Crippen LogP) is 13.2. The van der Waals surface area contributed by atoms with Crippen LogP contribution in [-0.4, -0.2) is 16.5 Å². The molecule has 0 radical (unpaired) electrons. The Labute approximate surface area is 323 Å². The van der Waals surface area contributed by atoms with Crippen LogP contribution >= 0.6 is 0 Å². The third-order valence-electron chi connectivity index (χ3n) is 11.1. The van der Waals surface area contributed by atoms with Gasteiger partial charge in [-0.05, 0) is 62.2 Å². The van der Waals surface area contributed by atoms with Crippen molar-refractivity contribution in [1.29, 1.82) is 0 Å². The van der Waals surface area contributed by atoms with Crippen molar-refractivity contribution in [3.63, 3.8) is 0 Å². The molecule has 55 heavy (non-hydrogen) atoms. The van der Waals surface area contributed by atoms with Gasteiger partial charge < -0.3 is 0 Å². The first kappa shape index (κ1) is 34.1. The molecule has 0 amide bonds. The molecule has 0 N–H and O–H groups in total. The zero-order valence-electron chi connectivity index (χ0n) is 31.0. The van der Waals surface area contributed by atoms with Gasteiger partial charge in [0.25, 0.3) is 0 Å². The van der Waals surface area contributed by atoms with Crippen molar-refractivity contribution in [2.45, 2.75) is 19.9 Å². The quantitative estimate of drug-likeness (QED) is 0.162. The minimum atomic E-state index is -0.141. The number of pyridine rings is 1. The van der Waals surface area contributed by atoms with E-state index in [2.05, 4.69) is 196 Å². The molecule has 3 nitrogen and oxygen atoms in total. The molecule has 3 atom stereocenters. The number of nitrogens with zero attached hydrogens (tertiary/aromatic N) is 3. The van der Waals surface area contributed by atoms with Crippen LogP contribution < -0.4 is 0 Å². The summed E-state index contributed by atoms with van der Waals surface area (Å²) in [6.45, 7) is 4.66. The molecule has 9 rings (SSSR count). The van der Waals surface area contributed by atoms with E-state index in [-0.39, 0.29) is 17.9 Å². The highest BCUT2D eigenvalue weighted by molar-refractivity contribution is 6.14. The molecule has 3 heteroatoms. The first-order valence-electron chi connectivity index (χ1n) is 19.1. The maximum Gasteiger partial charge on any atom is 0.155 e. The van der Waals surface area contributed by atoms with Gasteiger partial charge in [0.15, 0.2) is 5.84 Å². The molecule has 1 aromatic heterocycles. The summed E-state index contributed by atoms with van der Waals surface area (Å²) in [6, 6.07) is 68.5. The normalized spacial score (nSPS) is 16.9. The zero-order valence-corrected chi connectivity index (χ0v) is 31.0. The van der Waals surface area contributed by atoms with Crippen LogP contribution in [-0.2, 0) is 0 Å². The van der Waals surface area contributed by atoms with Crippen LogP contribution in [0.5, 0.6) is 0 Å². The van der Waals surface area contributed by atoms with Crippen molar-refractivity contribution in [3.05, 3.63) is 211 Å². The largest absolute Gasteiger partial charge is 0.258 e. The van der Waals surface area contributed by atoms with Crippen molar-refractivity contribution in [1.82, 2.24) is 4.98 Å². The van der Waals surface area contributed by atoms with Gasteiger partial charge in [0.1, 0.15) is 0 Å². The number of aliphatic imine (C=N–C) groups is 2. The lowest BCUT2D eigenvalue weighted by atomic mass is 9.78. The third-order valence-corrected chi connectivity index (χ3v) is 11.1. The number of aromatic nitrogens is 1.